The highest BCUT2D eigenvalue weighted by atomic mass is 16.5. The van der Waals surface area contributed by atoms with Gasteiger partial charge in [0.2, 0.25) is 0 Å². The summed E-state index contributed by atoms with van der Waals surface area (Å²) in [6.07, 6.45) is 0. The number of carbonyl (C=O) groups excluding carboxylic acids is 1. The Balaban J connectivity index is 1.47. The van der Waals surface area contributed by atoms with Crippen molar-refractivity contribution in [3.8, 4) is 17.2 Å². The summed E-state index contributed by atoms with van der Waals surface area (Å²) >= 11 is 0. The number of rotatable bonds is 10. The average Bonchev–Trinajstić information content (AvgIpc) is 3.21. The predicted octanol–water partition coefficient (Wildman–Crippen LogP) is 4.45. The smallest absolute Gasteiger partial charge is 0.251 e. The molecule has 0 fully saturated rings. The summed E-state index contributed by atoms with van der Waals surface area (Å²) in [4.78, 5) is 17.3. The molecule has 1 heterocycles. The first kappa shape index (κ1) is 22.2. The lowest BCUT2D eigenvalue weighted by molar-refractivity contribution is 0.0949. The van der Waals surface area contributed by atoms with Crippen molar-refractivity contribution in [2.75, 3.05) is 20.3 Å². The monoisotopic (exact) mass is 445 g/mol. The Kier molecular flexibility index (Phi) is 7.09. The van der Waals surface area contributed by atoms with Gasteiger partial charge in [-0.2, -0.15) is 0 Å². The molecule has 0 saturated heterocycles. The molecular formula is C26H27N3O4. The average molecular weight is 446 g/mol. The van der Waals surface area contributed by atoms with Crippen LogP contribution in [0, 0.1) is 0 Å². The van der Waals surface area contributed by atoms with E-state index in [0.717, 1.165) is 22.6 Å². The maximum atomic E-state index is 12.6. The summed E-state index contributed by atoms with van der Waals surface area (Å²) in [5.41, 5.74) is 2.43. The standard InChI is InChI=1S/C26H27N3O4/c1-3-32-23-10-6-7-11-24(23)33-17-16-29-22-9-5-4-8-21(22)28-25(29)18-27-26(30)19-12-14-20(31-2)15-13-19/h4-15H,3,16-18H2,1-2H3,(H,27,30). The van der Waals surface area contributed by atoms with Crippen molar-refractivity contribution in [3.05, 3.63) is 84.2 Å². The zero-order valence-electron chi connectivity index (χ0n) is 18.8. The second-order valence-corrected chi connectivity index (χ2v) is 7.31. The number of fused-ring (bicyclic) bond motifs is 1. The number of hydrogen-bond donors (Lipinski definition) is 1. The third-order valence-corrected chi connectivity index (χ3v) is 5.21. The van der Waals surface area contributed by atoms with Crippen molar-refractivity contribution in [3.63, 3.8) is 0 Å². The highest BCUT2D eigenvalue weighted by molar-refractivity contribution is 5.94. The molecule has 3 aromatic carbocycles. The van der Waals surface area contributed by atoms with Crippen LogP contribution in [0.15, 0.2) is 72.8 Å². The molecule has 0 unspecified atom stereocenters. The summed E-state index contributed by atoms with van der Waals surface area (Å²) in [5.74, 6) is 2.73. The number of nitrogens with one attached hydrogen (secondary N) is 1. The van der Waals surface area contributed by atoms with Crippen LogP contribution >= 0.6 is 0 Å². The van der Waals surface area contributed by atoms with Crippen LogP contribution < -0.4 is 19.5 Å². The molecule has 7 nitrogen and oxygen atoms in total. The van der Waals surface area contributed by atoms with E-state index < -0.39 is 0 Å². The van der Waals surface area contributed by atoms with Gasteiger partial charge in [-0.1, -0.05) is 24.3 Å². The van der Waals surface area contributed by atoms with Crippen molar-refractivity contribution in [2.45, 2.75) is 20.0 Å². The topological polar surface area (TPSA) is 74.6 Å². The van der Waals surface area contributed by atoms with Gasteiger partial charge in [-0.25, -0.2) is 4.98 Å². The molecule has 7 heteroatoms. The van der Waals surface area contributed by atoms with Gasteiger partial charge >= 0.3 is 0 Å². The lowest BCUT2D eigenvalue weighted by atomic mass is 10.2. The van der Waals surface area contributed by atoms with E-state index in [1.807, 2.05) is 55.5 Å². The van der Waals surface area contributed by atoms with Crippen LogP contribution in [0.25, 0.3) is 11.0 Å². The molecule has 0 radical (unpaired) electrons. The molecule has 0 aliphatic carbocycles. The van der Waals surface area contributed by atoms with Gasteiger partial charge in [-0.3, -0.25) is 4.79 Å². The Morgan fingerprint density at radius 2 is 1.64 bits per heavy atom. The fourth-order valence-corrected chi connectivity index (χ4v) is 3.60. The summed E-state index contributed by atoms with van der Waals surface area (Å²) in [7, 11) is 1.60. The van der Waals surface area contributed by atoms with Crippen molar-refractivity contribution in [2.24, 2.45) is 0 Å². The quantitative estimate of drug-likeness (QED) is 0.390. The maximum Gasteiger partial charge on any atom is 0.251 e. The maximum absolute atomic E-state index is 12.6. The number of methoxy groups -OCH3 is 1. The minimum atomic E-state index is -0.168. The van der Waals surface area contributed by atoms with Crippen molar-refractivity contribution in [1.82, 2.24) is 14.9 Å². The first-order valence-electron chi connectivity index (χ1n) is 10.9. The second kappa shape index (κ2) is 10.5. The van der Waals surface area contributed by atoms with Gasteiger partial charge in [0.25, 0.3) is 5.91 Å². The molecule has 1 amide bonds. The molecule has 0 aliphatic rings. The number of hydrogen-bond acceptors (Lipinski definition) is 5. The number of ether oxygens (including phenoxy) is 3. The molecule has 0 saturated carbocycles. The molecular weight excluding hydrogens is 418 g/mol. The van der Waals surface area contributed by atoms with Crippen LogP contribution in [0.3, 0.4) is 0 Å². The lowest BCUT2D eigenvalue weighted by Crippen LogP contribution is -2.25. The number of amides is 1. The summed E-state index contributed by atoms with van der Waals surface area (Å²) in [5, 5.41) is 2.96. The molecule has 0 bridgehead atoms. The van der Waals surface area contributed by atoms with Crippen molar-refractivity contribution < 1.29 is 19.0 Å². The highest BCUT2D eigenvalue weighted by Crippen LogP contribution is 2.26. The zero-order valence-corrected chi connectivity index (χ0v) is 18.8. The molecule has 0 atom stereocenters. The molecule has 1 N–H and O–H groups in total. The van der Waals surface area contributed by atoms with Crippen LogP contribution in [-0.2, 0) is 13.1 Å². The van der Waals surface area contributed by atoms with Gasteiger partial charge < -0.3 is 24.1 Å². The van der Waals surface area contributed by atoms with E-state index in [9.17, 15) is 4.79 Å². The van der Waals surface area contributed by atoms with Crippen LogP contribution in [0.5, 0.6) is 17.2 Å². The molecule has 4 rings (SSSR count). The number of imidazole rings is 1. The van der Waals surface area contributed by atoms with E-state index in [0.29, 0.717) is 43.4 Å². The zero-order chi connectivity index (χ0) is 23.0. The van der Waals surface area contributed by atoms with Gasteiger partial charge in [-0.15, -0.1) is 0 Å². The van der Waals surface area contributed by atoms with E-state index in [2.05, 4.69) is 9.88 Å². The fourth-order valence-electron chi connectivity index (χ4n) is 3.60. The minimum Gasteiger partial charge on any atom is -0.497 e. The summed E-state index contributed by atoms with van der Waals surface area (Å²) < 4.78 is 18.9. The van der Waals surface area contributed by atoms with Gasteiger partial charge in [0.1, 0.15) is 18.2 Å². The lowest BCUT2D eigenvalue weighted by Gasteiger charge is -2.14. The molecule has 170 valence electrons. The van der Waals surface area contributed by atoms with Crippen LogP contribution in [0.2, 0.25) is 0 Å². The van der Waals surface area contributed by atoms with Crippen LogP contribution in [0.1, 0.15) is 23.1 Å². The van der Waals surface area contributed by atoms with Crippen molar-refractivity contribution >= 4 is 16.9 Å². The minimum absolute atomic E-state index is 0.168. The van der Waals surface area contributed by atoms with E-state index in [4.69, 9.17) is 19.2 Å². The first-order valence-corrected chi connectivity index (χ1v) is 10.9. The Hall–Kier alpha value is -4.00. The predicted molar refractivity (Wildman–Crippen MR) is 127 cm³/mol. The van der Waals surface area contributed by atoms with Gasteiger partial charge in [0.05, 0.1) is 37.8 Å². The SMILES string of the molecule is CCOc1ccccc1OCCn1c(CNC(=O)c2ccc(OC)cc2)nc2ccccc21. The fraction of sp³-hybridized carbons (Fsp3) is 0.231. The van der Waals surface area contributed by atoms with E-state index in [1.165, 1.54) is 0 Å². The third-order valence-electron chi connectivity index (χ3n) is 5.21. The number of aromatic nitrogens is 2. The van der Waals surface area contributed by atoms with E-state index in [1.54, 1.807) is 31.4 Å². The number of benzene rings is 3. The second-order valence-electron chi connectivity index (χ2n) is 7.31. The summed E-state index contributed by atoms with van der Waals surface area (Å²) in [6.45, 7) is 3.83. The van der Waals surface area contributed by atoms with Gasteiger partial charge in [0, 0.05) is 5.56 Å². The van der Waals surface area contributed by atoms with Crippen LogP contribution in [-0.4, -0.2) is 35.8 Å². The van der Waals surface area contributed by atoms with Crippen LogP contribution in [0.4, 0.5) is 0 Å². The van der Waals surface area contributed by atoms with E-state index >= 15 is 0 Å². The van der Waals surface area contributed by atoms with Crippen molar-refractivity contribution in [1.29, 1.82) is 0 Å². The number of para-hydroxylation sites is 4. The molecule has 4 aromatic rings. The number of carbonyl (C=O) groups is 1. The third kappa shape index (κ3) is 5.26. The first-order chi connectivity index (χ1) is 16.2. The largest absolute Gasteiger partial charge is 0.497 e. The Morgan fingerprint density at radius 1 is 0.939 bits per heavy atom. The normalized spacial score (nSPS) is 10.7. The highest BCUT2D eigenvalue weighted by Gasteiger charge is 2.13. The molecule has 0 spiro atoms. The van der Waals surface area contributed by atoms with Gasteiger partial charge in [0.15, 0.2) is 11.5 Å². The van der Waals surface area contributed by atoms with E-state index in [-0.39, 0.29) is 5.91 Å². The molecule has 1 aromatic heterocycles. The number of nitrogens with zero attached hydrogens (tertiary/aromatic N) is 2. The van der Waals surface area contributed by atoms with Gasteiger partial charge in [-0.05, 0) is 55.5 Å². The Labute approximate surface area is 192 Å². The summed E-state index contributed by atoms with van der Waals surface area (Å²) in [6, 6.07) is 22.6. The molecule has 33 heavy (non-hydrogen) atoms. The Bertz CT molecular complexity index is 1220. The Morgan fingerprint density at radius 3 is 2.36 bits per heavy atom. The molecule has 0 aliphatic heterocycles.